The summed E-state index contributed by atoms with van der Waals surface area (Å²) < 4.78 is 32.8. The van der Waals surface area contributed by atoms with Gasteiger partial charge in [-0.05, 0) is 55.0 Å². The second kappa shape index (κ2) is 8.26. The van der Waals surface area contributed by atoms with Crippen molar-refractivity contribution in [2.45, 2.75) is 42.9 Å². The van der Waals surface area contributed by atoms with Crippen molar-refractivity contribution in [3.63, 3.8) is 0 Å². The Morgan fingerprint density at radius 3 is 2.60 bits per heavy atom. The maximum absolute atomic E-state index is 13.7. The molecule has 2 aromatic carbocycles. The van der Waals surface area contributed by atoms with E-state index in [1.165, 1.54) is 0 Å². The van der Waals surface area contributed by atoms with Crippen molar-refractivity contribution in [3.8, 4) is 5.75 Å². The summed E-state index contributed by atoms with van der Waals surface area (Å²) in [5, 5.41) is 0.870. The number of H-pyrrole nitrogens is 1. The summed E-state index contributed by atoms with van der Waals surface area (Å²) in [7, 11) is -2.06. The van der Waals surface area contributed by atoms with Crippen LogP contribution >= 0.6 is 0 Å². The molecule has 1 saturated heterocycles. The lowest BCUT2D eigenvalue weighted by Crippen LogP contribution is -2.35. The quantitative estimate of drug-likeness (QED) is 0.612. The molecular formula is C24H29N2O3S+. The predicted octanol–water partition coefficient (Wildman–Crippen LogP) is 4.29. The van der Waals surface area contributed by atoms with Gasteiger partial charge in [-0.1, -0.05) is 26.0 Å². The number of hydrogen-bond donors (Lipinski definition) is 0. The molecule has 158 valence electrons. The topological polar surface area (TPSA) is 60.8 Å². The smallest absolute Gasteiger partial charge is 0.214 e. The second-order valence-electron chi connectivity index (χ2n) is 8.11. The van der Waals surface area contributed by atoms with E-state index >= 15 is 0 Å². The first kappa shape index (κ1) is 20.7. The minimum Gasteiger partial charge on any atom is -0.497 e. The van der Waals surface area contributed by atoms with Gasteiger partial charge in [0.05, 0.1) is 23.1 Å². The number of nitrogens with one attached hydrogen (secondary N) is 1. The Bertz CT molecular complexity index is 1160. The molecule has 3 aromatic rings. The summed E-state index contributed by atoms with van der Waals surface area (Å²) in [5.41, 5.74) is 2.78. The molecule has 2 heterocycles. The molecule has 0 bridgehead atoms. The number of rotatable bonds is 5. The van der Waals surface area contributed by atoms with Crippen LogP contribution in [0.15, 0.2) is 58.5 Å². The van der Waals surface area contributed by atoms with Crippen molar-refractivity contribution in [3.05, 3.63) is 54.2 Å². The molecular weight excluding hydrogens is 396 g/mol. The van der Waals surface area contributed by atoms with Crippen LogP contribution in [-0.4, -0.2) is 28.6 Å². The molecule has 1 N–H and O–H groups in total. The van der Waals surface area contributed by atoms with Gasteiger partial charge in [0.1, 0.15) is 5.75 Å². The highest BCUT2D eigenvalue weighted by Gasteiger charge is 2.31. The third kappa shape index (κ3) is 3.76. The van der Waals surface area contributed by atoms with Gasteiger partial charge in [-0.2, -0.15) is 0 Å². The van der Waals surface area contributed by atoms with Gasteiger partial charge < -0.3 is 9.64 Å². The van der Waals surface area contributed by atoms with E-state index in [2.05, 4.69) is 23.7 Å². The monoisotopic (exact) mass is 425 g/mol. The molecule has 0 radical (unpaired) electrons. The van der Waals surface area contributed by atoms with Gasteiger partial charge in [0.25, 0.3) is 0 Å². The van der Waals surface area contributed by atoms with E-state index in [4.69, 9.17) is 4.74 Å². The lowest BCUT2D eigenvalue weighted by Gasteiger charge is -2.34. The lowest BCUT2D eigenvalue weighted by atomic mass is 9.99. The van der Waals surface area contributed by atoms with Gasteiger partial charge in [-0.3, -0.25) is 0 Å². The number of ether oxygens (including phenoxy) is 1. The maximum Gasteiger partial charge on any atom is 0.214 e. The summed E-state index contributed by atoms with van der Waals surface area (Å²) in [6.45, 7) is 5.97. The van der Waals surface area contributed by atoms with Crippen LogP contribution in [0.4, 0.5) is 5.69 Å². The van der Waals surface area contributed by atoms with Gasteiger partial charge in [0.15, 0.2) is 11.1 Å². The Morgan fingerprint density at radius 1 is 1.17 bits per heavy atom. The van der Waals surface area contributed by atoms with Crippen LogP contribution in [0.25, 0.3) is 10.9 Å². The largest absolute Gasteiger partial charge is 0.497 e. The minimum absolute atomic E-state index is 0.321. The Kier molecular flexibility index (Phi) is 5.69. The zero-order valence-electron chi connectivity index (χ0n) is 17.8. The maximum atomic E-state index is 13.7. The van der Waals surface area contributed by atoms with Gasteiger partial charge in [-0.25, -0.2) is 13.4 Å². The standard InChI is InChI=1S/C24H28N2O3S/c1-4-18-7-10-20(11-8-18)30(27,28)23-15-25-22-12-9-19(29-3)14-21(22)24(23)26-13-5-6-17(2)16-26/h7-12,14-15,17H,4-6,13,16H2,1-3H3/p+1/t17-/m1/s1. The van der Waals surface area contributed by atoms with Crippen LogP contribution in [-0.2, 0) is 16.3 Å². The highest BCUT2D eigenvalue weighted by molar-refractivity contribution is 7.91. The number of benzene rings is 2. The van der Waals surface area contributed by atoms with Crippen molar-refractivity contribution in [2.24, 2.45) is 5.92 Å². The van der Waals surface area contributed by atoms with Crippen LogP contribution in [0.2, 0.25) is 0 Å². The fraction of sp³-hybridized carbons (Fsp3) is 0.375. The number of aromatic nitrogens is 1. The number of aromatic amines is 1. The Morgan fingerprint density at radius 2 is 1.93 bits per heavy atom. The minimum atomic E-state index is -3.69. The van der Waals surface area contributed by atoms with Crippen molar-refractivity contribution in [2.75, 3.05) is 25.1 Å². The van der Waals surface area contributed by atoms with Crippen LogP contribution < -0.4 is 14.6 Å². The first-order chi connectivity index (χ1) is 14.4. The zero-order chi connectivity index (χ0) is 21.3. The first-order valence-corrected chi connectivity index (χ1v) is 12.0. The number of nitrogens with zero attached hydrogens (tertiary/aromatic N) is 1. The summed E-state index contributed by atoms with van der Waals surface area (Å²) in [6, 6.07) is 13.0. The molecule has 0 amide bonds. The van der Waals surface area contributed by atoms with E-state index < -0.39 is 9.84 Å². The van der Waals surface area contributed by atoms with Gasteiger partial charge in [-0.15, -0.1) is 0 Å². The molecule has 1 fully saturated rings. The summed E-state index contributed by atoms with van der Waals surface area (Å²) in [6.07, 6.45) is 4.74. The number of fused-ring (bicyclic) bond motifs is 1. The molecule has 1 aliphatic heterocycles. The van der Waals surface area contributed by atoms with E-state index in [1.54, 1.807) is 25.4 Å². The molecule has 1 atom stereocenters. The van der Waals surface area contributed by atoms with Crippen LogP contribution in [0, 0.1) is 5.92 Å². The normalized spacial score (nSPS) is 17.3. The number of aryl methyl sites for hydroxylation is 1. The Balaban J connectivity index is 1.94. The molecule has 6 heteroatoms. The SMILES string of the molecule is CCc1ccc(S(=O)(=O)c2c[nH+]c3ccc(OC)cc3c2N2CCC[C@@H](C)C2)cc1. The zero-order valence-corrected chi connectivity index (χ0v) is 18.6. The van der Waals surface area contributed by atoms with Crippen LogP contribution in [0.5, 0.6) is 5.75 Å². The van der Waals surface area contributed by atoms with Gasteiger partial charge in [0.2, 0.25) is 15.4 Å². The summed E-state index contributed by atoms with van der Waals surface area (Å²) in [4.78, 5) is 6.07. The molecule has 1 aromatic heterocycles. The lowest BCUT2D eigenvalue weighted by molar-refractivity contribution is -0.347. The fourth-order valence-electron chi connectivity index (χ4n) is 4.27. The number of pyridine rings is 1. The molecule has 30 heavy (non-hydrogen) atoms. The average molecular weight is 426 g/mol. The van der Waals surface area contributed by atoms with E-state index in [0.29, 0.717) is 21.5 Å². The van der Waals surface area contributed by atoms with E-state index in [-0.39, 0.29) is 0 Å². The van der Waals surface area contributed by atoms with Crippen molar-refractivity contribution < 1.29 is 18.1 Å². The van der Waals surface area contributed by atoms with Crippen LogP contribution in [0.1, 0.15) is 32.3 Å². The van der Waals surface area contributed by atoms with E-state index in [0.717, 1.165) is 54.5 Å². The van der Waals surface area contributed by atoms with E-state index in [1.807, 2.05) is 30.3 Å². The molecule has 5 nitrogen and oxygen atoms in total. The summed E-state index contributed by atoms with van der Waals surface area (Å²) >= 11 is 0. The molecule has 0 unspecified atom stereocenters. The van der Waals surface area contributed by atoms with E-state index in [9.17, 15) is 8.42 Å². The average Bonchev–Trinajstić information content (AvgIpc) is 2.77. The highest BCUT2D eigenvalue weighted by atomic mass is 32.2. The number of anilines is 1. The number of piperidine rings is 1. The molecule has 0 spiro atoms. The number of sulfone groups is 1. The highest BCUT2D eigenvalue weighted by Crippen LogP contribution is 2.38. The second-order valence-corrected chi connectivity index (χ2v) is 10.0. The Labute approximate surface area is 178 Å². The third-order valence-corrected chi connectivity index (χ3v) is 7.76. The predicted molar refractivity (Wildman–Crippen MR) is 119 cm³/mol. The number of hydrogen-bond acceptors (Lipinski definition) is 4. The molecule has 0 saturated carbocycles. The molecule has 4 rings (SSSR count). The molecule has 1 aliphatic rings. The molecule has 0 aliphatic carbocycles. The van der Waals surface area contributed by atoms with Crippen molar-refractivity contribution in [1.29, 1.82) is 0 Å². The Hall–Kier alpha value is -2.60. The van der Waals surface area contributed by atoms with Crippen LogP contribution in [0.3, 0.4) is 0 Å². The fourth-order valence-corrected chi connectivity index (χ4v) is 5.73. The number of methoxy groups -OCH3 is 1. The van der Waals surface area contributed by atoms with Gasteiger partial charge in [0, 0.05) is 19.2 Å². The van der Waals surface area contributed by atoms with Gasteiger partial charge >= 0.3 is 0 Å². The third-order valence-electron chi connectivity index (χ3n) is 5.98. The summed E-state index contributed by atoms with van der Waals surface area (Å²) in [5.74, 6) is 1.23. The van der Waals surface area contributed by atoms with Crippen molar-refractivity contribution in [1.82, 2.24) is 0 Å². The first-order valence-electron chi connectivity index (χ1n) is 10.6. The van der Waals surface area contributed by atoms with Crippen molar-refractivity contribution >= 4 is 26.4 Å².